The monoisotopic (exact) mass is 460 g/mol. The van der Waals surface area contributed by atoms with E-state index >= 15 is 0 Å². The average Bonchev–Trinajstić information content (AvgIpc) is 3.09. The number of ether oxygens (including phenoxy) is 1. The lowest BCUT2D eigenvalue weighted by molar-refractivity contribution is -0.0495. The van der Waals surface area contributed by atoms with Gasteiger partial charge in [0.1, 0.15) is 15.5 Å². The van der Waals surface area contributed by atoms with Crippen LogP contribution in [0.25, 0.3) is 10.2 Å². The molecule has 1 aromatic carbocycles. The van der Waals surface area contributed by atoms with Crippen molar-refractivity contribution in [1.82, 2.24) is 10.3 Å². The third kappa shape index (κ3) is 4.93. The second-order valence-electron chi connectivity index (χ2n) is 7.88. The number of nitrogens with two attached hydrogens (primary N) is 1. The van der Waals surface area contributed by atoms with E-state index in [9.17, 15) is 13.6 Å². The van der Waals surface area contributed by atoms with Crippen LogP contribution >= 0.6 is 11.3 Å². The number of carbonyl (C=O) groups excluding carboxylic acids is 1. The molecule has 170 valence electrons. The first-order valence-corrected chi connectivity index (χ1v) is 11.5. The van der Waals surface area contributed by atoms with Crippen molar-refractivity contribution in [3.8, 4) is 5.75 Å². The van der Waals surface area contributed by atoms with Gasteiger partial charge >= 0.3 is 6.61 Å². The van der Waals surface area contributed by atoms with Gasteiger partial charge in [0, 0.05) is 30.7 Å². The Hall–Kier alpha value is -2.94. The van der Waals surface area contributed by atoms with Gasteiger partial charge in [0.2, 0.25) is 0 Å². The number of nitrogens with one attached hydrogen (secondary N) is 1. The Morgan fingerprint density at radius 2 is 2.03 bits per heavy atom. The molecular weight excluding hydrogens is 434 g/mol. The Kier molecular flexibility index (Phi) is 6.74. The van der Waals surface area contributed by atoms with Crippen LogP contribution in [0.15, 0.2) is 30.3 Å². The Balaban J connectivity index is 1.43. The maximum Gasteiger partial charge on any atom is 0.387 e. The number of fused-ring (bicyclic) bond motifs is 1. The molecule has 0 radical (unpaired) electrons. The number of alkyl halides is 2. The minimum absolute atomic E-state index is 0.181. The zero-order valence-electron chi connectivity index (χ0n) is 17.9. The number of nitrogen functional groups attached to an aromatic ring is 1. The summed E-state index contributed by atoms with van der Waals surface area (Å²) in [5.41, 5.74) is 8.93. The van der Waals surface area contributed by atoms with E-state index in [-0.39, 0.29) is 11.7 Å². The number of aromatic nitrogens is 1. The summed E-state index contributed by atoms with van der Waals surface area (Å²) in [6.45, 7) is 1.01. The van der Waals surface area contributed by atoms with Gasteiger partial charge in [-0.3, -0.25) is 4.79 Å². The van der Waals surface area contributed by atoms with Crippen molar-refractivity contribution in [2.75, 3.05) is 30.3 Å². The van der Waals surface area contributed by atoms with Crippen molar-refractivity contribution >= 4 is 38.8 Å². The van der Waals surface area contributed by atoms with Gasteiger partial charge in [0.25, 0.3) is 5.91 Å². The second-order valence-corrected chi connectivity index (χ2v) is 8.88. The Morgan fingerprint density at radius 1 is 1.25 bits per heavy atom. The average molecular weight is 461 g/mol. The molecule has 2 aromatic heterocycles. The first kappa shape index (κ1) is 22.3. The van der Waals surface area contributed by atoms with Crippen LogP contribution in [0.3, 0.4) is 0 Å². The third-order valence-corrected chi connectivity index (χ3v) is 6.69. The molecule has 32 heavy (non-hydrogen) atoms. The molecule has 0 aliphatic carbocycles. The van der Waals surface area contributed by atoms with Crippen LogP contribution in [0.1, 0.15) is 40.2 Å². The fourth-order valence-corrected chi connectivity index (χ4v) is 5.02. The fraction of sp³-hybridized carbons (Fsp3) is 0.391. The number of amides is 1. The van der Waals surface area contributed by atoms with Gasteiger partial charge in [-0.05, 0) is 62.4 Å². The molecule has 3 aromatic rings. The summed E-state index contributed by atoms with van der Waals surface area (Å²) in [4.78, 5) is 20.3. The number of hydrogen-bond acceptors (Lipinski definition) is 6. The number of aryl methyl sites for hydroxylation is 1. The van der Waals surface area contributed by atoms with E-state index in [2.05, 4.69) is 15.2 Å². The summed E-state index contributed by atoms with van der Waals surface area (Å²) in [6.07, 6.45) is 3.71. The zero-order chi connectivity index (χ0) is 22.7. The van der Waals surface area contributed by atoms with Gasteiger partial charge in [0.15, 0.2) is 0 Å². The Bertz CT molecular complexity index is 1110. The first-order valence-electron chi connectivity index (χ1n) is 10.7. The topological polar surface area (TPSA) is 80.5 Å². The molecule has 0 saturated carbocycles. The summed E-state index contributed by atoms with van der Waals surface area (Å²) >= 11 is 1.26. The summed E-state index contributed by atoms with van der Waals surface area (Å²) in [7, 11) is 0. The Labute approximate surface area is 189 Å². The van der Waals surface area contributed by atoms with Crippen LogP contribution in [0.4, 0.5) is 20.2 Å². The number of thiophene rings is 1. The summed E-state index contributed by atoms with van der Waals surface area (Å²) in [5, 5.41) is 3.64. The summed E-state index contributed by atoms with van der Waals surface area (Å²) in [6, 6.07) is 9.10. The second kappa shape index (κ2) is 9.68. The van der Waals surface area contributed by atoms with E-state index in [0.717, 1.165) is 53.8 Å². The van der Waals surface area contributed by atoms with E-state index in [4.69, 9.17) is 10.5 Å². The minimum Gasteiger partial charge on any atom is -0.433 e. The lowest BCUT2D eigenvalue weighted by Crippen LogP contribution is -2.30. The van der Waals surface area contributed by atoms with Crippen LogP contribution in [0.2, 0.25) is 0 Å². The molecule has 3 N–H and O–H groups in total. The number of carbonyl (C=O) groups is 1. The quantitative estimate of drug-likeness (QED) is 0.532. The lowest BCUT2D eigenvalue weighted by atomic mass is 10.1. The molecule has 1 saturated heterocycles. The standard InChI is InChI=1S/C23H26F2N4O2S/c1-14-5-7-16-19(26)20(32-22(16)28-14)21(30)27-10-9-15-6-8-17(18(13-15)31-23(24)25)29-11-3-2-4-12-29/h5-8,13,23H,2-4,9-12,26H2,1H3,(H,27,30). The molecule has 4 rings (SSSR count). The van der Waals surface area contributed by atoms with Gasteiger partial charge < -0.3 is 20.7 Å². The van der Waals surface area contributed by atoms with Crippen molar-refractivity contribution in [2.24, 2.45) is 0 Å². The van der Waals surface area contributed by atoms with E-state index in [1.54, 1.807) is 6.07 Å². The number of nitrogens with zero attached hydrogens (tertiary/aromatic N) is 2. The number of benzene rings is 1. The van der Waals surface area contributed by atoms with Crippen molar-refractivity contribution in [3.05, 3.63) is 46.5 Å². The molecule has 0 spiro atoms. The van der Waals surface area contributed by atoms with Gasteiger partial charge in [-0.2, -0.15) is 8.78 Å². The van der Waals surface area contributed by atoms with Crippen LogP contribution in [-0.2, 0) is 6.42 Å². The van der Waals surface area contributed by atoms with Crippen LogP contribution in [0.5, 0.6) is 5.75 Å². The predicted molar refractivity (Wildman–Crippen MR) is 124 cm³/mol. The highest BCUT2D eigenvalue weighted by atomic mass is 32.1. The normalized spacial score (nSPS) is 14.2. The molecule has 0 atom stereocenters. The van der Waals surface area contributed by atoms with Crippen molar-refractivity contribution in [1.29, 1.82) is 0 Å². The molecular formula is C23H26F2N4O2S. The number of rotatable bonds is 7. The fourth-order valence-electron chi connectivity index (χ4n) is 3.96. The largest absolute Gasteiger partial charge is 0.433 e. The van der Waals surface area contributed by atoms with E-state index < -0.39 is 6.61 Å². The predicted octanol–water partition coefficient (Wildman–Crippen LogP) is 4.75. The number of halogens is 2. The summed E-state index contributed by atoms with van der Waals surface area (Å²) in [5.74, 6) is -0.0851. The van der Waals surface area contributed by atoms with Crippen molar-refractivity contribution in [2.45, 2.75) is 39.2 Å². The molecule has 1 fully saturated rings. The van der Waals surface area contributed by atoms with E-state index in [1.165, 1.54) is 11.3 Å². The lowest BCUT2D eigenvalue weighted by Gasteiger charge is -2.30. The van der Waals surface area contributed by atoms with Crippen molar-refractivity contribution in [3.63, 3.8) is 0 Å². The smallest absolute Gasteiger partial charge is 0.387 e. The van der Waals surface area contributed by atoms with Gasteiger partial charge in [-0.15, -0.1) is 11.3 Å². The molecule has 1 aliphatic heterocycles. The van der Waals surface area contributed by atoms with Crippen molar-refractivity contribution < 1.29 is 18.3 Å². The maximum atomic E-state index is 13.0. The van der Waals surface area contributed by atoms with Gasteiger partial charge in [-0.1, -0.05) is 6.07 Å². The van der Waals surface area contributed by atoms with Gasteiger partial charge in [0.05, 0.1) is 11.4 Å². The van der Waals surface area contributed by atoms with Crippen LogP contribution in [0, 0.1) is 6.92 Å². The van der Waals surface area contributed by atoms with E-state index in [1.807, 2.05) is 31.2 Å². The molecule has 3 heterocycles. The molecule has 0 unspecified atom stereocenters. The molecule has 0 bridgehead atoms. The summed E-state index contributed by atoms with van der Waals surface area (Å²) < 4.78 is 30.8. The minimum atomic E-state index is -2.89. The molecule has 1 aliphatic rings. The van der Waals surface area contributed by atoms with Crippen LogP contribution in [-0.4, -0.2) is 37.1 Å². The third-order valence-electron chi connectivity index (χ3n) is 5.58. The van der Waals surface area contributed by atoms with Crippen LogP contribution < -0.4 is 20.7 Å². The number of hydrogen-bond donors (Lipinski definition) is 2. The number of piperidine rings is 1. The highest BCUT2D eigenvalue weighted by Gasteiger charge is 2.19. The van der Waals surface area contributed by atoms with Gasteiger partial charge in [-0.25, -0.2) is 4.98 Å². The maximum absolute atomic E-state index is 13.0. The number of anilines is 2. The number of pyridine rings is 1. The molecule has 1 amide bonds. The Morgan fingerprint density at radius 3 is 2.78 bits per heavy atom. The highest BCUT2D eigenvalue weighted by Crippen LogP contribution is 2.34. The molecule has 9 heteroatoms. The van der Waals surface area contributed by atoms with E-state index in [0.29, 0.717) is 29.2 Å². The SMILES string of the molecule is Cc1ccc2c(N)c(C(=O)NCCc3ccc(N4CCCCC4)c(OC(F)F)c3)sc2n1. The molecule has 6 nitrogen and oxygen atoms in total. The highest BCUT2D eigenvalue weighted by molar-refractivity contribution is 7.21. The zero-order valence-corrected chi connectivity index (χ0v) is 18.7. The first-order chi connectivity index (χ1) is 15.4.